The van der Waals surface area contributed by atoms with Crippen LogP contribution in [-0.2, 0) is 43.3 Å². The van der Waals surface area contributed by atoms with Crippen LogP contribution in [0.5, 0.6) is 0 Å². The minimum Gasteiger partial charge on any atom is -0.311 e. The highest BCUT2D eigenvalue weighted by Crippen LogP contribution is 2.56. The maximum Gasteiger partial charge on any atom is 0.254 e. The van der Waals surface area contributed by atoms with Gasteiger partial charge in [0, 0.05) is 33.1 Å². The van der Waals surface area contributed by atoms with Crippen LogP contribution in [0.4, 0.5) is 33.4 Å². The van der Waals surface area contributed by atoms with Crippen LogP contribution in [0.15, 0.2) is 97.1 Å². The van der Waals surface area contributed by atoms with E-state index in [0.29, 0.717) is 0 Å². The summed E-state index contributed by atoms with van der Waals surface area (Å²) in [6.45, 7) is 51.9. The van der Waals surface area contributed by atoms with Gasteiger partial charge < -0.3 is 9.80 Å². The van der Waals surface area contributed by atoms with Gasteiger partial charge in [-0.2, -0.15) is 0 Å². The molecule has 2 aliphatic heterocycles. The molecule has 78 heavy (non-hydrogen) atoms. The summed E-state index contributed by atoms with van der Waals surface area (Å²) in [7, 11) is -1.56. The number of benzene rings is 6. The summed E-state index contributed by atoms with van der Waals surface area (Å²) in [5, 5.41) is 4.32. The highest BCUT2D eigenvalue weighted by molar-refractivity contribution is 7.26. The lowest BCUT2D eigenvalue weighted by Gasteiger charge is -2.47. The summed E-state index contributed by atoms with van der Waals surface area (Å²) in [5.41, 5.74) is 25.6. The number of nitrogens with zero attached hydrogens (tertiary/aromatic N) is 2. The molecule has 2 nitrogen and oxygen atoms in total. The number of fused-ring (bicyclic) bond motifs is 9. The molecule has 0 unspecified atom stereocenters. The van der Waals surface area contributed by atoms with Crippen LogP contribution in [-0.4, -0.2) is 14.8 Å². The van der Waals surface area contributed by atoms with Gasteiger partial charge in [-0.1, -0.05) is 192 Å². The van der Waals surface area contributed by atoms with Crippen LogP contribution in [0.2, 0.25) is 19.6 Å². The summed E-state index contributed by atoms with van der Waals surface area (Å²) < 4.78 is 1.42. The molecule has 0 saturated carbocycles. The summed E-state index contributed by atoms with van der Waals surface area (Å²) in [4.78, 5) is 5.56. The van der Waals surface area contributed by atoms with Crippen LogP contribution in [0.1, 0.15) is 208 Å². The molecule has 3 heterocycles. The monoisotopic (exact) mass is 1070 g/mol. The van der Waals surface area contributed by atoms with E-state index in [1.54, 1.807) is 5.56 Å². The fourth-order valence-electron chi connectivity index (χ4n) is 14.8. The van der Waals surface area contributed by atoms with E-state index >= 15 is 0 Å². The van der Waals surface area contributed by atoms with Crippen molar-refractivity contribution in [3.8, 4) is 11.1 Å². The molecule has 3 aliphatic carbocycles. The topological polar surface area (TPSA) is 6.48 Å². The van der Waals surface area contributed by atoms with Crippen molar-refractivity contribution in [3.05, 3.63) is 142 Å². The Morgan fingerprint density at radius 1 is 0.423 bits per heavy atom. The maximum atomic E-state index is 2.78. The van der Waals surface area contributed by atoms with E-state index in [2.05, 4.69) is 262 Å². The lowest BCUT2D eigenvalue weighted by molar-refractivity contribution is 0.332. The van der Waals surface area contributed by atoms with Gasteiger partial charge in [0.15, 0.2) is 0 Å². The van der Waals surface area contributed by atoms with Gasteiger partial charge in [0.2, 0.25) is 0 Å². The van der Waals surface area contributed by atoms with Crippen molar-refractivity contribution in [3.63, 3.8) is 0 Å². The van der Waals surface area contributed by atoms with Crippen LogP contribution in [0.3, 0.4) is 0 Å². The standard InChI is InChI=1S/C73H91BN2SSi/c1-66(2,3)46-36-47(67(4,5)6)38-49(37-46)75-59-42-56-55(71(13,14)31-32-72(56,15)16)41-58(59)74-63-51-40-54-57(73(17,18)33-30-70(54,11)12)43-62(51)77-65(63)76(48-24-27-52-53(39-48)69(9,10)29-28-68(52,7)8)61-35-45(34-60(75)64(61)74)44-22-25-50(26-23-44)78(19,20)21/h22-27,34-43H,28-33H2,1-21H3. The summed E-state index contributed by atoms with van der Waals surface area (Å²) in [5.74, 6) is 0. The Kier molecular flexibility index (Phi) is 11.6. The van der Waals surface area contributed by atoms with E-state index < -0.39 is 8.07 Å². The molecule has 0 fully saturated rings. The van der Waals surface area contributed by atoms with Crippen molar-refractivity contribution < 1.29 is 0 Å². The number of anilines is 6. The molecular formula is C73H91BN2SSi. The molecule has 7 aromatic rings. The molecule has 406 valence electrons. The second kappa shape index (κ2) is 16.9. The average molecular weight is 1070 g/mol. The van der Waals surface area contributed by atoms with Gasteiger partial charge in [-0.05, 0) is 214 Å². The predicted molar refractivity (Wildman–Crippen MR) is 348 cm³/mol. The van der Waals surface area contributed by atoms with Gasteiger partial charge in [0.25, 0.3) is 6.71 Å². The highest BCUT2D eigenvalue weighted by Gasteiger charge is 2.50. The van der Waals surface area contributed by atoms with E-state index in [1.165, 1.54) is 154 Å². The molecule has 1 aromatic heterocycles. The van der Waals surface area contributed by atoms with Gasteiger partial charge in [-0.15, -0.1) is 11.3 Å². The first-order chi connectivity index (χ1) is 36.0. The van der Waals surface area contributed by atoms with E-state index in [9.17, 15) is 0 Å². The molecule has 5 heteroatoms. The van der Waals surface area contributed by atoms with Crippen molar-refractivity contribution >= 4 is 91.2 Å². The molecule has 12 rings (SSSR count). The van der Waals surface area contributed by atoms with Gasteiger partial charge >= 0.3 is 0 Å². The molecule has 6 aromatic carbocycles. The molecule has 0 N–H and O–H groups in total. The molecule has 0 saturated heterocycles. The van der Waals surface area contributed by atoms with Crippen LogP contribution < -0.4 is 31.4 Å². The largest absolute Gasteiger partial charge is 0.311 e. The lowest BCUT2D eigenvalue weighted by atomic mass is 9.33. The number of rotatable bonds is 4. The molecular weight excluding hydrogens is 976 g/mol. The zero-order valence-corrected chi connectivity index (χ0v) is 53.7. The number of hydrogen-bond donors (Lipinski definition) is 0. The summed E-state index contributed by atoms with van der Waals surface area (Å²) >= 11 is 2.06. The van der Waals surface area contributed by atoms with Gasteiger partial charge in [0.1, 0.15) is 0 Å². The van der Waals surface area contributed by atoms with Crippen molar-refractivity contribution in [2.24, 2.45) is 0 Å². The third-order valence-electron chi connectivity index (χ3n) is 20.7. The minimum absolute atomic E-state index is 0.00866. The molecule has 0 radical (unpaired) electrons. The van der Waals surface area contributed by atoms with Crippen LogP contribution in [0, 0.1) is 0 Å². The Balaban J connectivity index is 1.28. The van der Waals surface area contributed by atoms with Gasteiger partial charge in [-0.25, -0.2) is 0 Å². The normalized spacial score (nSPS) is 20.1. The zero-order valence-electron chi connectivity index (χ0n) is 51.9. The Bertz CT molecular complexity index is 3620. The third-order valence-corrected chi connectivity index (χ3v) is 23.9. The van der Waals surface area contributed by atoms with Crippen LogP contribution in [0.25, 0.3) is 21.2 Å². The fourth-order valence-corrected chi connectivity index (χ4v) is 17.3. The van der Waals surface area contributed by atoms with E-state index in [1.807, 2.05) is 0 Å². The number of thiophene rings is 1. The smallest absolute Gasteiger partial charge is 0.254 e. The Labute approximate surface area is 477 Å². The first-order valence-electron chi connectivity index (χ1n) is 30.0. The van der Waals surface area contributed by atoms with E-state index in [0.717, 1.165) is 0 Å². The summed E-state index contributed by atoms with van der Waals surface area (Å²) in [6.07, 6.45) is 7.10. The first kappa shape index (κ1) is 53.8. The van der Waals surface area contributed by atoms with Gasteiger partial charge in [0.05, 0.1) is 13.1 Å². The summed E-state index contributed by atoms with van der Waals surface area (Å²) in [6, 6.07) is 41.2. The molecule has 0 bridgehead atoms. The third kappa shape index (κ3) is 8.32. The minimum atomic E-state index is -1.56. The Morgan fingerprint density at radius 3 is 1.40 bits per heavy atom. The highest BCUT2D eigenvalue weighted by atomic mass is 32.1. The molecule has 0 amide bonds. The maximum absolute atomic E-state index is 2.78. The number of hydrogen-bond acceptors (Lipinski definition) is 3. The fraction of sp³-hybridized carbons (Fsp3) is 0.479. The van der Waals surface area contributed by atoms with Gasteiger partial charge in [-0.3, -0.25) is 0 Å². The Hall–Kier alpha value is -4.84. The second-order valence-electron chi connectivity index (χ2n) is 32.3. The first-order valence-corrected chi connectivity index (χ1v) is 34.3. The van der Waals surface area contributed by atoms with Crippen molar-refractivity contribution in [1.29, 1.82) is 0 Å². The Morgan fingerprint density at radius 2 is 0.885 bits per heavy atom. The SMILES string of the molecule is CC(C)(C)c1cc(N2c3cc4c(cc3B3c5c2cc(-c2ccc([Si](C)(C)C)cc2)cc5N(c2ccc5c(c2)C(C)(C)CCC5(C)C)c2sc5cc6c(cc5c23)C(C)(C)CCC6(C)C)C(C)(C)CCC4(C)C)cc(C(C)(C)C)c1. The van der Waals surface area contributed by atoms with E-state index in [4.69, 9.17) is 0 Å². The van der Waals surface area contributed by atoms with Crippen molar-refractivity contribution in [1.82, 2.24) is 0 Å². The van der Waals surface area contributed by atoms with Crippen molar-refractivity contribution in [2.75, 3.05) is 9.80 Å². The van der Waals surface area contributed by atoms with Crippen molar-refractivity contribution in [2.45, 2.75) is 226 Å². The lowest BCUT2D eigenvalue weighted by Crippen LogP contribution is -2.61. The van der Waals surface area contributed by atoms with Crippen LogP contribution >= 0.6 is 11.3 Å². The zero-order chi connectivity index (χ0) is 56.2. The molecule has 0 atom stereocenters. The second-order valence-corrected chi connectivity index (χ2v) is 38.4. The molecule has 5 aliphatic rings. The van der Waals surface area contributed by atoms with E-state index in [-0.39, 0.29) is 50.0 Å². The average Bonchev–Trinajstić information content (AvgIpc) is 3.91. The predicted octanol–water partition coefficient (Wildman–Crippen LogP) is 18.8. The quantitative estimate of drug-likeness (QED) is 0.162. The molecule has 0 spiro atoms.